The van der Waals surface area contributed by atoms with Crippen molar-refractivity contribution in [1.29, 1.82) is 0 Å². The summed E-state index contributed by atoms with van der Waals surface area (Å²) in [7, 11) is 0. The van der Waals surface area contributed by atoms with Crippen LogP contribution in [0, 0.1) is 5.92 Å². The molecule has 2 atom stereocenters. The third kappa shape index (κ3) is 4.38. The number of likely N-dealkylation sites (tertiary alicyclic amines) is 1. The lowest BCUT2D eigenvalue weighted by atomic mass is 9.83. The van der Waals surface area contributed by atoms with Crippen molar-refractivity contribution in [2.24, 2.45) is 5.92 Å². The molecule has 0 saturated carbocycles. The van der Waals surface area contributed by atoms with Crippen LogP contribution in [0.15, 0.2) is 41.2 Å². The average molecular weight is 440 g/mol. The number of fused-ring (bicyclic) bond motifs is 5. The molecule has 2 bridgehead atoms. The van der Waals surface area contributed by atoms with Crippen molar-refractivity contribution in [1.82, 2.24) is 9.47 Å². The first-order valence-electron chi connectivity index (χ1n) is 11.2. The SMILES string of the molecule is O=C(c1ccc2c(c1)OCCOCCOCCO2)N1CC2CC(C1)c1cccc(=O)n1C2. The van der Waals surface area contributed by atoms with Gasteiger partial charge in [-0.15, -0.1) is 0 Å². The van der Waals surface area contributed by atoms with Crippen LogP contribution >= 0.6 is 0 Å². The van der Waals surface area contributed by atoms with Crippen molar-refractivity contribution >= 4 is 5.91 Å². The molecule has 2 aromatic rings. The second-order valence-electron chi connectivity index (χ2n) is 8.49. The third-order valence-corrected chi connectivity index (χ3v) is 6.30. The van der Waals surface area contributed by atoms with E-state index < -0.39 is 0 Å². The van der Waals surface area contributed by atoms with Crippen LogP contribution in [0.25, 0.3) is 0 Å². The number of benzene rings is 1. The van der Waals surface area contributed by atoms with Crippen LogP contribution in [-0.2, 0) is 16.0 Å². The highest BCUT2D eigenvalue weighted by molar-refractivity contribution is 5.95. The summed E-state index contributed by atoms with van der Waals surface area (Å²) < 4.78 is 24.5. The lowest BCUT2D eigenvalue weighted by Gasteiger charge is -2.42. The molecule has 0 aliphatic carbocycles. The van der Waals surface area contributed by atoms with Crippen molar-refractivity contribution in [2.45, 2.75) is 18.9 Å². The van der Waals surface area contributed by atoms with E-state index in [1.165, 1.54) is 0 Å². The van der Waals surface area contributed by atoms with Gasteiger partial charge in [0.05, 0.1) is 26.4 Å². The maximum absolute atomic E-state index is 13.4. The van der Waals surface area contributed by atoms with Crippen molar-refractivity contribution < 1.29 is 23.7 Å². The van der Waals surface area contributed by atoms with Crippen molar-refractivity contribution in [3.05, 3.63) is 58.0 Å². The number of aromatic nitrogens is 1. The van der Waals surface area contributed by atoms with Gasteiger partial charge in [0.1, 0.15) is 13.2 Å². The second kappa shape index (κ2) is 9.34. The van der Waals surface area contributed by atoms with Crippen molar-refractivity contribution in [3.63, 3.8) is 0 Å². The van der Waals surface area contributed by atoms with E-state index in [1.54, 1.807) is 24.3 Å². The fourth-order valence-corrected chi connectivity index (χ4v) is 4.86. The quantitative estimate of drug-likeness (QED) is 0.674. The predicted molar refractivity (Wildman–Crippen MR) is 117 cm³/mol. The van der Waals surface area contributed by atoms with E-state index in [0.717, 1.165) is 12.1 Å². The molecule has 8 nitrogen and oxygen atoms in total. The van der Waals surface area contributed by atoms with Crippen LogP contribution in [0.2, 0.25) is 0 Å². The molecule has 0 spiro atoms. The molecule has 0 radical (unpaired) electrons. The Balaban J connectivity index is 1.34. The molecule has 3 aliphatic heterocycles. The Morgan fingerprint density at radius 2 is 1.59 bits per heavy atom. The summed E-state index contributed by atoms with van der Waals surface area (Å²) in [5.41, 5.74) is 1.65. The molecule has 1 amide bonds. The molecule has 4 heterocycles. The van der Waals surface area contributed by atoms with Gasteiger partial charge >= 0.3 is 0 Å². The van der Waals surface area contributed by atoms with Gasteiger partial charge in [-0.2, -0.15) is 0 Å². The number of ether oxygens (including phenoxy) is 4. The van der Waals surface area contributed by atoms with E-state index in [0.29, 0.717) is 76.3 Å². The van der Waals surface area contributed by atoms with Gasteiger partial charge in [0.15, 0.2) is 11.5 Å². The molecule has 1 aromatic carbocycles. The largest absolute Gasteiger partial charge is 0.487 e. The first-order chi connectivity index (χ1) is 15.7. The molecule has 0 N–H and O–H groups in total. The Morgan fingerprint density at radius 3 is 2.41 bits per heavy atom. The molecular formula is C24H28N2O6. The van der Waals surface area contributed by atoms with Crippen LogP contribution in [0.5, 0.6) is 11.5 Å². The fraction of sp³-hybridized carbons (Fsp3) is 0.500. The lowest BCUT2D eigenvalue weighted by molar-refractivity contribution is 0.0223. The minimum absolute atomic E-state index is 0.0245. The van der Waals surface area contributed by atoms with Gasteiger partial charge in [-0.1, -0.05) is 6.07 Å². The van der Waals surface area contributed by atoms with Gasteiger partial charge in [-0.25, -0.2) is 0 Å². The van der Waals surface area contributed by atoms with E-state index in [1.807, 2.05) is 21.6 Å². The standard InChI is InChI=1S/C24H28N2O6/c27-23-3-1-2-20-19-12-17(15-26(20)23)14-25(16-19)24(28)18-4-5-21-22(13-18)32-11-9-30-7-6-29-8-10-31-21/h1-5,13,17,19H,6-12,14-16H2. The summed E-state index contributed by atoms with van der Waals surface area (Å²) in [6.45, 7) is 4.64. The maximum Gasteiger partial charge on any atom is 0.254 e. The summed E-state index contributed by atoms with van der Waals surface area (Å²) in [6, 6.07) is 10.8. The van der Waals surface area contributed by atoms with Crippen LogP contribution in [0.3, 0.4) is 0 Å². The number of hydrogen-bond acceptors (Lipinski definition) is 6. The highest BCUT2D eigenvalue weighted by Crippen LogP contribution is 2.36. The minimum atomic E-state index is -0.0245. The highest BCUT2D eigenvalue weighted by atomic mass is 16.6. The van der Waals surface area contributed by atoms with E-state index >= 15 is 0 Å². The van der Waals surface area contributed by atoms with Crippen molar-refractivity contribution in [3.8, 4) is 11.5 Å². The van der Waals surface area contributed by atoms with Gasteiger partial charge in [0, 0.05) is 42.9 Å². The number of hydrogen-bond donors (Lipinski definition) is 0. The summed E-state index contributed by atoms with van der Waals surface area (Å²) >= 11 is 0. The van der Waals surface area contributed by atoms with Crippen LogP contribution in [0.4, 0.5) is 0 Å². The first kappa shape index (κ1) is 21.0. The summed E-state index contributed by atoms with van der Waals surface area (Å²) in [5.74, 6) is 1.57. The number of carbonyl (C=O) groups is 1. The van der Waals surface area contributed by atoms with Crippen LogP contribution in [-0.4, -0.2) is 68.1 Å². The Labute approximate surface area is 186 Å². The van der Waals surface area contributed by atoms with Gasteiger partial charge in [0.25, 0.3) is 11.5 Å². The molecule has 1 aromatic heterocycles. The number of nitrogens with zero attached hydrogens (tertiary/aromatic N) is 2. The van der Waals surface area contributed by atoms with E-state index in [9.17, 15) is 9.59 Å². The normalized spacial score (nSPS) is 23.4. The Bertz CT molecular complexity index is 1040. The summed E-state index contributed by atoms with van der Waals surface area (Å²) in [4.78, 5) is 27.5. The molecule has 8 heteroatoms. The van der Waals surface area contributed by atoms with Gasteiger partial charge in [0.2, 0.25) is 0 Å². The average Bonchev–Trinajstić information content (AvgIpc) is 2.79. The number of piperidine rings is 1. The smallest absolute Gasteiger partial charge is 0.254 e. The monoisotopic (exact) mass is 440 g/mol. The molecule has 32 heavy (non-hydrogen) atoms. The van der Waals surface area contributed by atoms with Crippen LogP contribution in [0.1, 0.15) is 28.4 Å². The van der Waals surface area contributed by atoms with Crippen LogP contribution < -0.4 is 15.0 Å². The van der Waals surface area contributed by atoms with E-state index in [4.69, 9.17) is 18.9 Å². The summed E-state index contributed by atoms with van der Waals surface area (Å²) in [6.07, 6.45) is 1.01. The maximum atomic E-state index is 13.4. The third-order valence-electron chi connectivity index (χ3n) is 6.30. The first-order valence-corrected chi connectivity index (χ1v) is 11.2. The number of rotatable bonds is 1. The highest BCUT2D eigenvalue weighted by Gasteiger charge is 2.36. The second-order valence-corrected chi connectivity index (χ2v) is 8.49. The number of pyridine rings is 1. The predicted octanol–water partition coefficient (Wildman–Crippen LogP) is 1.91. The molecule has 2 unspecified atom stereocenters. The number of carbonyl (C=O) groups excluding carboxylic acids is 1. The zero-order chi connectivity index (χ0) is 21.9. The van der Waals surface area contributed by atoms with Gasteiger partial charge < -0.3 is 28.4 Å². The summed E-state index contributed by atoms with van der Waals surface area (Å²) in [5, 5.41) is 0. The van der Waals surface area contributed by atoms with E-state index in [-0.39, 0.29) is 23.3 Å². The molecule has 1 fully saturated rings. The molecular weight excluding hydrogens is 412 g/mol. The van der Waals surface area contributed by atoms with Gasteiger partial charge in [-0.3, -0.25) is 9.59 Å². The Hall–Kier alpha value is -2.84. The molecule has 5 rings (SSSR count). The minimum Gasteiger partial charge on any atom is -0.487 e. The molecule has 3 aliphatic rings. The lowest BCUT2D eigenvalue weighted by Crippen LogP contribution is -2.49. The zero-order valence-electron chi connectivity index (χ0n) is 18.0. The van der Waals surface area contributed by atoms with E-state index in [2.05, 4.69) is 0 Å². The topological polar surface area (TPSA) is 79.2 Å². The van der Waals surface area contributed by atoms with Crippen molar-refractivity contribution in [2.75, 3.05) is 52.7 Å². The molecule has 1 saturated heterocycles. The fourth-order valence-electron chi connectivity index (χ4n) is 4.86. The Kier molecular flexibility index (Phi) is 6.14. The Morgan fingerprint density at radius 1 is 0.844 bits per heavy atom. The zero-order valence-corrected chi connectivity index (χ0v) is 18.0. The number of amides is 1. The van der Waals surface area contributed by atoms with Gasteiger partial charge in [-0.05, 0) is 36.6 Å². The molecule has 170 valence electrons.